The maximum absolute atomic E-state index is 12.6. The molecule has 2 aliphatic rings. The zero-order valence-corrected chi connectivity index (χ0v) is 14.5. The molecule has 1 aromatic heterocycles. The Labute approximate surface area is 145 Å². The lowest BCUT2D eigenvalue weighted by molar-refractivity contribution is -0.146. The van der Waals surface area contributed by atoms with Crippen LogP contribution in [0.4, 0.5) is 0 Å². The van der Waals surface area contributed by atoms with E-state index in [9.17, 15) is 14.4 Å². The molecule has 2 atom stereocenters. The molecule has 1 aliphatic heterocycles. The van der Waals surface area contributed by atoms with E-state index in [0.717, 1.165) is 30.6 Å². The van der Waals surface area contributed by atoms with Crippen molar-refractivity contribution in [2.24, 2.45) is 11.8 Å². The topological polar surface area (TPSA) is 57.7 Å². The molecule has 3 rings (SSSR count). The van der Waals surface area contributed by atoms with Gasteiger partial charge in [-0.15, -0.1) is 17.9 Å². The van der Waals surface area contributed by atoms with Crippen LogP contribution in [-0.2, 0) is 20.9 Å². The molecular formula is C18H22N2O3S. The maximum Gasteiger partial charge on any atom is 0.243 e. The quantitative estimate of drug-likeness (QED) is 0.587. The summed E-state index contributed by atoms with van der Waals surface area (Å²) < 4.78 is 0. The Morgan fingerprint density at radius 2 is 1.96 bits per heavy atom. The summed E-state index contributed by atoms with van der Waals surface area (Å²) in [6.07, 6.45) is 5.18. The van der Waals surface area contributed by atoms with Crippen LogP contribution in [0.15, 0.2) is 30.2 Å². The molecule has 2 heterocycles. The van der Waals surface area contributed by atoms with Crippen molar-refractivity contribution in [1.82, 2.24) is 9.80 Å². The monoisotopic (exact) mass is 346 g/mol. The van der Waals surface area contributed by atoms with Crippen LogP contribution in [0.25, 0.3) is 0 Å². The van der Waals surface area contributed by atoms with E-state index in [1.165, 1.54) is 4.90 Å². The van der Waals surface area contributed by atoms with E-state index in [0.29, 0.717) is 13.1 Å². The van der Waals surface area contributed by atoms with Crippen molar-refractivity contribution >= 4 is 29.1 Å². The van der Waals surface area contributed by atoms with E-state index in [4.69, 9.17) is 0 Å². The van der Waals surface area contributed by atoms with Crippen molar-refractivity contribution in [2.75, 3.05) is 13.1 Å². The predicted molar refractivity (Wildman–Crippen MR) is 92.1 cm³/mol. The molecule has 1 saturated carbocycles. The first-order valence-corrected chi connectivity index (χ1v) is 9.26. The predicted octanol–water partition coefficient (Wildman–Crippen LogP) is 2.44. The SMILES string of the molecule is C=CCN(Cc1cccs1)C(=O)CN1C(=O)C2CCCCC2C1=O. The van der Waals surface area contributed by atoms with Crippen LogP contribution in [0, 0.1) is 11.8 Å². The molecule has 2 unspecified atom stereocenters. The lowest BCUT2D eigenvalue weighted by atomic mass is 9.81. The molecule has 128 valence electrons. The highest BCUT2D eigenvalue weighted by atomic mass is 32.1. The molecule has 0 radical (unpaired) electrons. The number of hydrogen-bond donors (Lipinski definition) is 0. The van der Waals surface area contributed by atoms with Gasteiger partial charge in [-0.2, -0.15) is 0 Å². The standard InChI is InChI=1S/C18H22N2O3S/c1-2-9-19(11-13-6-5-10-24-13)16(21)12-20-17(22)14-7-3-4-8-15(14)18(20)23/h2,5-6,10,14-15H,1,3-4,7-9,11-12H2. The molecule has 3 amide bonds. The number of likely N-dealkylation sites (tertiary alicyclic amines) is 1. The Hall–Kier alpha value is -1.95. The molecule has 0 bridgehead atoms. The minimum Gasteiger partial charge on any atom is -0.332 e. The van der Waals surface area contributed by atoms with Gasteiger partial charge in [-0.25, -0.2) is 0 Å². The fourth-order valence-electron chi connectivity index (χ4n) is 3.62. The van der Waals surface area contributed by atoms with E-state index < -0.39 is 0 Å². The number of fused-ring (bicyclic) bond motifs is 1. The van der Waals surface area contributed by atoms with E-state index in [1.54, 1.807) is 22.3 Å². The number of rotatable bonds is 6. The first kappa shape index (κ1) is 16.9. The lowest BCUT2D eigenvalue weighted by Gasteiger charge is -2.23. The van der Waals surface area contributed by atoms with Crippen LogP contribution in [0.5, 0.6) is 0 Å². The third kappa shape index (κ3) is 3.29. The van der Waals surface area contributed by atoms with Crippen LogP contribution < -0.4 is 0 Å². The second-order valence-corrected chi connectivity index (χ2v) is 7.43. The summed E-state index contributed by atoms with van der Waals surface area (Å²) in [5.41, 5.74) is 0. The fourth-order valence-corrected chi connectivity index (χ4v) is 4.34. The van der Waals surface area contributed by atoms with E-state index in [1.807, 2.05) is 17.5 Å². The van der Waals surface area contributed by atoms with Crippen LogP contribution in [0.3, 0.4) is 0 Å². The highest BCUT2D eigenvalue weighted by molar-refractivity contribution is 7.09. The average molecular weight is 346 g/mol. The summed E-state index contributed by atoms with van der Waals surface area (Å²) in [6, 6.07) is 3.91. The van der Waals surface area contributed by atoms with Crippen molar-refractivity contribution in [3.63, 3.8) is 0 Å². The fraction of sp³-hybridized carbons (Fsp3) is 0.500. The number of amides is 3. The van der Waals surface area contributed by atoms with Crippen LogP contribution in [0.2, 0.25) is 0 Å². The van der Waals surface area contributed by atoms with E-state index >= 15 is 0 Å². The molecule has 5 nitrogen and oxygen atoms in total. The zero-order chi connectivity index (χ0) is 17.1. The van der Waals surface area contributed by atoms with Crippen molar-refractivity contribution in [1.29, 1.82) is 0 Å². The van der Waals surface area contributed by atoms with Gasteiger partial charge in [0.25, 0.3) is 0 Å². The molecule has 1 aromatic rings. The number of carbonyl (C=O) groups excluding carboxylic acids is 3. The van der Waals surface area contributed by atoms with Gasteiger partial charge >= 0.3 is 0 Å². The zero-order valence-electron chi connectivity index (χ0n) is 13.6. The average Bonchev–Trinajstić information content (AvgIpc) is 3.18. The summed E-state index contributed by atoms with van der Waals surface area (Å²) in [7, 11) is 0. The molecule has 6 heteroatoms. The van der Waals surface area contributed by atoms with Gasteiger partial charge in [-0.1, -0.05) is 25.0 Å². The minimum absolute atomic E-state index is 0.149. The van der Waals surface area contributed by atoms with Gasteiger partial charge in [0.05, 0.1) is 18.4 Å². The van der Waals surface area contributed by atoms with E-state index in [-0.39, 0.29) is 36.1 Å². The van der Waals surface area contributed by atoms with Crippen molar-refractivity contribution in [3.05, 3.63) is 35.0 Å². The molecule has 1 saturated heterocycles. The van der Waals surface area contributed by atoms with Gasteiger partial charge in [-0.05, 0) is 24.3 Å². The van der Waals surface area contributed by atoms with Crippen LogP contribution >= 0.6 is 11.3 Å². The first-order chi connectivity index (χ1) is 11.6. The van der Waals surface area contributed by atoms with Gasteiger partial charge in [0.1, 0.15) is 6.54 Å². The molecule has 1 aliphatic carbocycles. The molecule has 0 spiro atoms. The van der Waals surface area contributed by atoms with Gasteiger partial charge in [0.15, 0.2) is 0 Å². The molecule has 2 fully saturated rings. The summed E-state index contributed by atoms with van der Waals surface area (Å²) in [5.74, 6) is -0.933. The van der Waals surface area contributed by atoms with Gasteiger partial charge in [0, 0.05) is 11.4 Å². The molecule has 24 heavy (non-hydrogen) atoms. The third-order valence-corrected chi connectivity index (χ3v) is 5.72. The highest BCUT2D eigenvalue weighted by Crippen LogP contribution is 2.37. The first-order valence-electron chi connectivity index (χ1n) is 8.38. The number of nitrogens with zero attached hydrogens (tertiary/aromatic N) is 2. The highest BCUT2D eigenvalue weighted by Gasteiger charge is 2.48. The molecule has 0 N–H and O–H groups in total. The second-order valence-electron chi connectivity index (χ2n) is 6.40. The Morgan fingerprint density at radius 3 is 2.50 bits per heavy atom. The van der Waals surface area contributed by atoms with Gasteiger partial charge < -0.3 is 4.90 Å². The molecule has 0 aromatic carbocycles. The summed E-state index contributed by atoms with van der Waals surface area (Å²) in [4.78, 5) is 41.5. The minimum atomic E-state index is -0.205. The summed E-state index contributed by atoms with van der Waals surface area (Å²) >= 11 is 1.58. The lowest BCUT2D eigenvalue weighted by Crippen LogP contribution is -2.43. The summed E-state index contributed by atoms with van der Waals surface area (Å²) in [6.45, 7) is 4.43. The Morgan fingerprint density at radius 1 is 1.29 bits per heavy atom. The van der Waals surface area contributed by atoms with Crippen molar-refractivity contribution < 1.29 is 14.4 Å². The van der Waals surface area contributed by atoms with Crippen LogP contribution in [0.1, 0.15) is 30.6 Å². The number of thiophene rings is 1. The van der Waals surface area contributed by atoms with Crippen molar-refractivity contribution in [2.45, 2.75) is 32.2 Å². The second kappa shape index (κ2) is 7.30. The molecular weight excluding hydrogens is 324 g/mol. The Kier molecular flexibility index (Phi) is 5.14. The smallest absolute Gasteiger partial charge is 0.243 e. The largest absolute Gasteiger partial charge is 0.332 e. The maximum atomic E-state index is 12.6. The third-order valence-electron chi connectivity index (χ3n) is 4.85. The summed E-state index contributed by atoms with van der Waals surface area (Å²) in [5, 5.41) is 1.96. The van der Waals surface area contributed by atoms with Crippen molar-refractivity contribution in [3.8, 4) is 0 Å². The Bertz CT molecular complexity index is 617. The van der Waals surface area contributed by atoms with Crippen LogP contribution in [-0.4, -0.2) is 40.6 Å². The number of carbonyl (C=O) groups is 3. The van der Waals surface area contributed by atoms with Gasteiger partial charge in [-0.3, -0.25) is 19.3 Å². The Balaban J connectivity index is 1.68. The number of hydrogen-bond acceptors (Lipinski definition) is 4. The van der Waals surface area contributed by atoms with E-state index in [2.05, 4.69) is 6.58 Å². The normalized spacial score (nSPS) is 23.2. The number of imide groups is 1. The van der Waals surface area contributed by atoms with Gasteiger partial charge in [0.2, 0.25) is 17.7 Å².